The lowest BCUT2D eigenvalue weighted by molar-refractivity contribution is -0.116. The fourth-order valence-corrected chi connectivity index (χ4v) is 1.78. The molecule has 0 heterocycles. The van der Waals surface area contributed by atoms with E-state index in [0.29, 0.717) is 17.6 Å². The molecule has 0 N–H and O–H groups in total. The van der Waals surface area contributed by atoms with Crippen molar-refractivity contribution in [1.29, 1.82) is 0 Å². The van der Waals surface area contributed by atoms with Crippen molar-refractivity contribution in [3.63, 3.8) is 0 Å². The summed E-state index contributed by atoms with van der Waals surface area (Å²) < 4.78 is 0. The molecule has 0 bridgehead atoms. The van der Waals surface area contributed by atoms with Crippen LogP contribution in [0.5, 0.6) is 0 Å². The van der Waals surface area contributed by atoms with Gasteiger partial charge in [0.05, 0.1) is 0 Å². The van der Waals surface area contributed by atoms with Gasteiger partial charge in [0.2, 0.25) is 0 Å². The molecule has 1 nitrogen and oxygen atoms in total. The van der Waals surface area contributed by atoms with E-state index >= 15 is 0 Å². The summed E-state index contributed by atoms with van der Waals surface area (Å²) in [5.41, 5.74) is 0. The second kappa shape index (κ2) is 11.9. The molecule has 0 amide bonds. The minimum Gasteiger partial charge on any atom is -0.295 e. The molecule has 0 saturated heterocycles. The summed E-state index contributed by atoms with van der Waals surface area (Å²) in [7, 11) is 0. The van der Waals surface area contributed by atoms with Crippen molar-refractivity contribution in [3.05, 3.63) is 12.2 Å². The minimum absolute atomic E-state index is 0.307. The normalized spacial score (nSPS) is 22.5. The molecule has 0 aromatic heterocycles. The molecule has 1 heteroatoms. The first-order valence-electron chi connectivity index (χ1n) is 7.22. The Balaban J connectivity index is 0. The largest absolute Gasteiger partial charge is 0.295 e. The van der Waals surface area contributed by atoms with Crippen LogP contribution in [0.2, 0.25) is 0 Å². The third-order valence-corrected chi connectivity index (χ3v) is 2.59. The molecule has 0 spiro atoms. The fraction of sp³-hybridized carbons (Fsp3) is 0.812. The van der Waals surface area contributed by atoms with E-state index in [-0.39, 0.29) is 0 Å². The van der Waals surface area contributed by atoms with Crippen LogP contribution < -0.4 is 0 Å². The number of hydrogen-bond acceptors (Lipinski definition) is 1. The standard InChI is InChI=1S/C10H16O.C4H10.C2H6/c1-3-8-5-6-10(11)7-9(8)4-2;1-4(2)3;1-2/h5-6,8-9H,3-4,7H2,1-2H3;4H,1-3H3;1-2H3. The molecular formula is C16H32O. The molecule has 102 valence electrons. The smallest absolute Gasteiger partial charge is 0.155 e. The lowest BCUT2D eigenvalue weighted by atomic mass is 9.80. The third kappa shape index (κ3) is 10.3. The van der Waals surface area contributed by atoms with Gasteiger partial charge in [0, 0.05) is 6.42 Å². The van der Waals surface area contributed by atoms with Gasteiger partial charge in [-0.25, -0.2) is 0 Å². The van der Waals surface area contributed by atoms with Crippen LogP contribution in [0.1, 0.15) is 67.7 Å². The van der Waals surface area contributed by atoms with Gasteiger partial charge in [0.15, 0.2) is 5.78 Å². The van der Waals surface area contributed by atoms with Crippen LogP contribution in [0.4, 0.5) is 0 Å². The van der Waals surface area contributed by atoms with Crippen LogP contribution in [0.25, 0.3) is 0 Å². The Morgan fingerprint density at radius 2 is 1.65 bits per heavy atom. The second-order valence-electron chi connectivity index (χ2n) is 5.00. The molecule has 1 rings (SSSR count). The van der Waals surface area contributed by atoms with Crippen LogP contribution in [0.15, 0.2) is 12.2 Å². The van der Waals surface area contributed by atoms with Crippen molar-refractivity contribution in [3.8, 4) is 0 Å². The van der Waals surface area contributed by atoms with Crippen molar-refractivity contribution in [1.82, 2.24) is 0 Å². The molecule has 1 aliphatic rings. The Labute approximate surface area is 109 Å². The van der Waals surface area contributed by atoms with Crippen molar-refractivity contribution in [2.45, 2.75) is 67.7 Å². The number of carbonyl (C=O) groups excluding carboxylic acids is 1. The molecule has 0 aliphatic heterocycles. The predicted molar refractivity (Wildman–Crippen MR) is 78.2 cm³/mol. The van der Waals surface area contributed by atoms with Crippen LogP contribution >= 0.6 is 0 Å². The highest BCUT2D eigenvalue weighted by Gasteiger charge is 2.21. The van der Waals surface area contributed by atoms with Gasteiger partial charge in [0.1, 0.15) is 0 Å². The molecule has 0 fully saturated rings. The summed E-state index contributed by atoms with van der Waals surface area (Å²) in [5.74, 6) is 2.40. The number of rotatable bonds is 2. The zero-order valence-corrected chi connectivity index (χ0v) is 12.9. The lowest BCUT2D eigenvalue weighted by Gasteiger charge is -2.24. The van der Waals surface area contributed by atoms with Crippen LogP contribution in [-0.4, -0.2) is 5.78 Å². The molecule has 0 saturated carbocycles. The van der Waals surface area contributed by atoms with Crippen LogP contribution in [0, 0.1) is 17.8 Å². The van der Waals surface area contributed by atoms with Crippen LogP contribution in [-0.2, 0) is 4.79 Å². The highest BCUT2D eigenvalue weighted by molar-refractivity contribution is 5.90. The van der Waals surface area contributed by atoms with Crippen molar-refractivity contribution < 1.29 is 4.79 Å². The summed E-state index contributed by atoms with van der Waals surface area (Å²) in [5, 5.41) is 0. The highest BCUT2D eigenvalue weighted by atomic mass is 16.1. The van der Waals surface area contributed by atoms with E-state index in [9.17, 15) is 4.79 Å². The summed E-state index contributed by atoms with van der Waals surface area (Å²) in [4.78, 5) is 11.0. The number of carbonyl (C=O) groups is 1. The Bertz CT molecular complexity index is 201. The molecule has 2 unspecified atom stereocenters. The topological polar surface area (TPSA) is 17.1 Å². The highest BCUT2D eigenvalue weighted by Crippen LogP contribution is 2.27. The van der Waals surface area contributed by atoms with E-state index in [1.165, 1.54) is 6.42 Å². The Hall–Kier alpha value is -0.590. The SMILES string of the molecule is CC.CC(C)C.CCC1C=CC(=O)CC1CC. The first-order chi connectivity index (χ1) is 8.01. The zero-order chi connectivity index (χ0) is 13.8. The quantitative estimate of drug-likeness (QED) is 0.643. The van der Waals surface area contributed by atoms with Crippen LogP contribution in [0.3, 0.4) is 0 Å². The molecule has 0 radical (unpaired) electrons. The summed E-state index contributed by atoms with van der Waals surface area (Å²) in [6.07, 6.45) is 6.91. The van der Waals surface area contributed by atoms with Gasteiger partial charge in [-0.3, -0.25) is 4.79 Å². The number of hydrogen-bond donors (Lipinski definition) is 0. The average molecular weight is 240 g/mol. The van der Waals surface area contributed by atoms with E-state index in [0.717, 1.165) is 18.8 Å². The first kappa shape index (κ1) is 18.8. The summed E-state index contributed by atoms with van der Waals surface area (Å²) in [6.45, 7) is 14.9. The Morgan fingerprint density at radius 3 is 2.00 bits per heavy atom. The molecule has 0 aromatic rings. The maximum absolute atomic E-state index is 11.0. The van der Waals surface area contributed by atoms with Gasteiger partial charge in [-0.2, -0.15) is 0 Å². The minimum atomic E-state index is 0.307. The van der Waals surface area contributed by atoms with Gasteiger partial charge < -0.3 is 0 Å². The van der Waals surface area contributed by atoms with Gasteiger partial charge >= 0.3 is 0 Å². The van der Waals surface area contributed by atoms with Gasteiger partial charge in [-0.1, -0.05) is 61.0 Å². The number of allylic oxidation sites excluding steroid dienone is 2. The third-order valence-electron chi connectivity index (χ3n) is 2.59. The van der Waals surface area contributed by atoms with E-state index in [1.54, 1.807) is 6.08 Å². The monoisotopic (exact) mass is 240 g/mol. The lowest BCUT2D eigenvalue weighted by Crippen LogP contribution is -2.19. The molecule has 1 aliphatic carbocycles. The van der Waals surface area contributed by atoms with E-state index in [2.05, 4.69) is 40.7 Å². The second-order valence-corrected chi connectivity index (χ2v) is 5.00. The number of ketones is 1. The van der Waals surface area contributed by atoms with Gasteiger partial charge in [0.25, 0.3) is 0 Å². The Morgan fingerprint density at radius 1 is 1.18 bits per heavy atom. The molecule has 0 aromatic carbocycles. The molecule has 17 heavy (non-hydrogen) atoms. The molecular weight excluding hydrogens is 208 g/mol. The molecule has 2 atom stereocenters. The van der Waals surface area contributed by atoms with Crippen molar-refractivity contribution >= 4 is 5.78 Å². The first-order valence-corrected chi connectivity index (χ1v) is 7.22. The van der Waals surface area contributed by atoms with Crippen molar-refractivity contribution in [2.75, 3.05) is 0 Å². The Kier molecular flexibility index (Phi) is 13.1. The maximum atomic E-state index is 11.0. The summed E-state index contributed by atoms with van der Waals surface area (Å²) >= 11 is 0. The summed E-state index contributed by atoms with van der Waals surface area (Å²) in [6, 6.07) is 0. The van der Waals surface area contributed by atoms with E-state index in [4.69, 9.17) is 0 Å². The van der Waals surface area contributed by atoms with E-state index in [1.807, 2.05) is 13.8 Å². The zero-order valence-electron chi connectivity index (χ0n) is 12.9. The predicted octanol–water partition coefficient (Wildman–Crippen LogP) is 5.26. The van der Waals surface area contributed by atoms with Crippen molar-refractivity contribution in [2.24, 2.45) is 17.8 Å². The van der Waals surface area contributed by atoms with Gasteiger partial charge in [-0.05, 0) is 30.3 Å². The van der Waals surface area contributed by atoms with Gasteiger partial charge in [-0.15, -0.1) is 0 Å². The van der Waals surface area contributed by atoms with E-state index < -0.39 is 0 Å². The fourth-order valence-electron chi connectivity index (χ4n) is 1.78. The maximum Gasteiger partial charge on any atom is 0.155 e. The average Bonchev–Trinajstić information content (AvgIpc) is 2.31.